The average molecular weight is 450 g/mol. The normalized spacial score (nSPS) is 14.2. The Morgan fingerprint density at radius 3 is 2.59 bits per heavy atom. The second kappa shape index (κ2) is 9.40. The van der Waals surface area contributed by atoms with Crippen LogP contribution in [0.4, 0.5) is 5.69 Å². The van der Waals surface area contributed by atoms with Gasteiger partial charge in [0, 0.05) is 33.8 Å². The molecule has 4 rings (SSSR count). The topological polar surface area (TPSA) is 83.7 Å². The van der Waals surface area contributed by atoms with Crippen LogP contribution in [0.15, 0.2) is 58.0 Å². The maximum atomic E-state index is 12.9. The van der Waals surface area contributed by atoms with Crippen molar-refractivity contribution in [2.24, 2.45) is 5.10 Å². The third-order valence-corrected chi connectivity index (χ3v) is 5.77. The summed E-state index contributed by atoms with van der Waals surface area (Å²) in [6, 6.07) is 14.4. The number of hydrazone groups is 1. The molecule has 0 saturated carbocycles. The maximum absolute atomic E-state index is 12.9. The highest BCUT2D eigenvalue weighted by Crippen LogP contribution is 2.30. The molecule has 2 N–H and O–H groups in total. The molecule has 32 heavy (non-hydrogen) atoms. The van der Waals surface area contributed by atoms with Gasteiger partial charge in [-0.1, -0.05) is 36.7 Å². The molecule has 1 heterocycles. The van der Waals surface area contributed by atoms with Crippen molar-refractivity contribution < 1.29 is 14.0 Å². The molecule has 0 unspecified atom stereocenters. The predicted octanol–water partition coefficient (Wildman–Crippen LogP) is 5.53. The fourth-order valence-corrected chi connectivity index (χ4v) is 4.01. The minimum atomic E-state index is -0.346. The number of fused-ring (bicyclic) bond motifs is 1. The zero-order valence-corrected chi connectivity index (χ0v) is 18.8. The first-order valence-electron chi connectivity index (χ1n) is 10.6. The summed E-state index contributed by atoms with van der Waals surface area (Å²) in [5, 5.41) is 7.73. The average Bonchev–Trinajstić information content (AvgIpc) is 3.15. The summed E-state index contributed by atoms with van der Waals surface area (Å²) in [6.45, 7) is 3.93. The van der Waals surface area contributed by atoms with E-state index in [9.17, 15) is 9.59 Å². The molecule has 164 valence electrons. The minimum Gasteiger partial charge on any atom is -0.455 e. The third-order valence-electron chi connectivity index (χ3n) is 5.53. The first-order valence-corrected chi connectivity index (χ1v) is 11.0. The quantitative estimate of drug-likeness (QED) is 0.502. The number of amides is 2. The van der Waals surface area contributed by atoms with Crippen LogP contribution in [0.25, 0.3) is 0 Å². The molecule has 0 radical (unpaired) electrons. The van der Waals surface area contributed by atoms with Gasteiger partial charge in [0.15, 0.2) is 5.76 Å². The molecule has 2 amide bonds. The zero-order valence-electron chi connectivity index (χ0n) is 18.0. The first-order chi connectivity index (χ1) is 15.5. The van der Waals surface area contributed by atoms with Crippen molar-refractivity contribution in [3.63, 3.8) is 0 Å². The van der Waals surface area contributed by atoms with E-state index in [0.717, 1.165) is 36.1 Å². The van der Waals surface area contributed by atoms with E-state index >= 15 is 0 Å². The van der Waals surface area contributed by atoms with Gasteiger partial charge in [-0.3, -0.25) is 9.59 Å². The smallest absolute Gasteiger partial charge is 0.291 e. The predicted molar refractivity (Wildman–Crippen MR) is 126 cm³/mol. The highest BCUT2D eigenvalue weighted by molar-refractivity contribution is 6.31. The number of nitrogens with one attached hydrogen (secondary N) is 2. The van der Waals surface area contributed by atoms with E-state index in [4.69, 9.17) is 16.0 Å². The number of carbonyl (C=O) groups is 2. The molecule has 0 spiro atoms. The molecule has 1 aromatic heterocycles. The van der Waals surface area contributed by atoms with Gasteiger partial charge in [-0.25, -0.2) is 5.43 Å². The van der Waals surface area contributed by atoms with Crippen LogP contribution in [-0.4, -0.2) is 17.5 Å². The zero-order chi connectivity index (χ0) is 22.7. The number of hydrogen-bond acceptors (Lipinski definition) is 4. The highest BCUT2D eigenvalue weighted by atomic mass is 35.5. The summed E-state index contributed by atoms with van der Waals surface area (Å²) >= 11 is 5.96. The number of hydrogen-bond donors (Lipinski definition) is 2. The lowest BCUT2D eigenvalue weighted by Crippen LogP contribution is -2.22. The Hall–Kier alpha value is -3.38. The Bertz CT molecular complexity index is 1200. The van der Waals surface area contributed by atoms with Crippen molar-refractivity contribution in [2.45, 2.75) is 39.5 Å². The Labute approximate surface area is 191 Å². The SMILES string of the molecule is CCc1ccc(NC(=O)c2oc3c(c2C)/C(=N/NC(=O)c2cccc(Cl)c2)CCC3)cc1. The second-order valence-electron chi connectivity index (χ2n) is 7.72. The third kappa shape index (κ3) is 4.60. The lowest BCUT2D eigenvalue weighted by Gasteiger charge is -2.13. The number of carbonyl (C=O) groups excluding carboxylic acids is 2. The second-order valence-corrected chi connectivity index (χ2v) is 8.16. The molecule has 0 aliphatic heterocycles. The molecular weight excluding hydrogens is 426 g/mol. The van der Waals surface area contributed by atoms with E-state index in [2.05, 4.69) is 22.8 Å². The Morgan fingerprint density at radius 2 is 1.88 bits per heavy atom. The summed E-state index contributed by atoms with van der Waals surface area (Å²) in [6.07, 6.45) is 3.16. The molecule has 0 bridgehead atoms. The monoisotopic (exact) mass is 449 g/mol. The number of anilines is 1. The van der Waals surface area contributed by atoms with Crippen molar-refractivity contribution >= 4 is 34.8 Å². The standard InChI is InChI=1S/C25H24ClN3O3/c1-3-16-10-12-19(13-11-16)27-25(31)23-15(2)22-20(8-5-9-21(22)32-23)28-29-24(30)17-6-4-7-18(26)14-17/h4,6-7,10-14H,3,5,8-9H2,1-2H3,(H,27,31)(H,29,30)/b28-20+. The van der Waals surface area contributed by atoms with Crippen molar-refractivity contribution in [1.82, 2.24) is 5.43 Å². The van der Waals surface area contributed by atoms with E-state index in [-0.39, 0.29) is 17.6 Å². The molecule has 0 saturated heterocycles. The molecule has 0 fully saturated rings. The van der Waals surface area contributed by atoms with Gasteiger partial charge in [0.2, 0.25) is 0 Å². The van der Waals surface area contributed by atoms with Crippen LogP contribution in [0.2, 0.25) is 5.02 Å². The van der Waals surface area contributed by atoms with Gasteiger partial charge >= 0.3 is 0 Å². The number of benzene rings is 2. The van der Waals surface area contributed by atoms with Crippen LogP contribution < -0.4 is 10.7 Å². The lowest BCUT2D eigenvalue weighted by atomic mass is 9.93. The van der Waals surface area contributed by atoms with Crippen molar-refractivity contribution in [3.05, 3.63) is 87.3 Å². The summed E-state index contributed by atoms with van der Waals surface area (Å²) in [7, 11) is 0. The number of aryl methyl sites for hydroxylation is 2. The van der Waals surface area contributed by atoms with E-state index < -0.39 is 0 Å². The van der Waals surface area contributed by atoms with Gasteiger partial charge in [0.1, 0.15) is 5.76 Å². The summed E-state index contributed by atoms with van der Waals surface area (Å²) in [5.74, 6) is 0.339. The molecule has 1 aliphatic carbocycles. The van der Waals surface area contributed by atoms with Crippen LogP contribution in [0.3, 0.4) is 0 Å². The number of furan rings is 1. The van der Waals surface area contributed by atoms with Crippen molar-refractivity contribution in [3.8, 4) is 0 Å². The molecular formula is C25H24ClN3O3. The summed E-state index contributed by atoms with van der Waals surface area (Å²) in [5.41, 5.74) is 7.17. The number of rotatable bonds is 5. The summed E-state index contributed by atoms with van der Waals surface area (Å²) < 4.78 is 5.93. The number of nitrogens with zero attached hydrogens (tertiary/aromatic N) is 1. The van der Waals surface area contributed by atoms with Crippen LogP contribution in [0.5, 0.6) is 0 Å². The molecule has 6 nitrogen and oxygen atoms in total. The van der Waals surface area contributed by atoms with E-state index in [1.807, 2.05) is 31.2 Å². The first kappa shape index (κ1) is 21.8. The molecule has 2 aromatic carbocycles. The lowest BCUT2D eigenvalue weighted by molar-refractivity contribution is 0.0953. The van der Waals surface area contributed by atoms with E-state index in [1.54, 1.807) is 24.3 Å². The fraction of sp³-hybridized carbons (Fsp3) is 0.240. The Kier molecular flexibility index (Phi) is 6.42. The Balaban J connectivity index is 1.54. The van der Waals surface area contributed by atoms with Crippen molar-refractivity contribution in [1.29, 1.82) is 0 Å². The van der Waals surface area contributed by atoms with Gasteiger partial charge in [-0.15, -0.1) is 0 Å². The minimum absolute atomic E-state index is 0.269. The van der Waals surface area contributed by atoms with Gasteiger partial charge in [0.25, 0.3) is 11.8 Å². The molecule has 3 aromatic rings. The molecule has 7 heteroatoms. The van der Waals surface area contributed by atoms with Crippen LogP contribution >= 0.6 is 11.6 Å². The van der Waals surface area contributed by atoms with E-state index in [0.29, 0.717) is 28.4 Å². The van der Waals surface area contributed by atoms with Crippen LogP contribution in [-0.2, 0) is 12.8 Å². The van der Waals surface area contributed by atoms with Gasteiger partial charge < -0.3 is 9.73 Å². The molecule has 1 aliphatic rings. The fourth-order valence-electron chi connectivity index (χ4n) is 3.82. The van der Waals surface area contributed by atoms with Crippen LogP contribution in [0, 0.1) is 6.92 Å². The summed E-state index contributed by atoms with van der Waals surface area (Å²) in [4.78, 5) is 25.3. The largest absolute Gasteiger partial charge is 0.455 e. The van der Waals surface area contributed by atoms with Gasteiger partial charge in [-0.2, -0.15) is 5.10 Å². The highest BCUT2D eigenvalue weighted by Gasteiger charge is 2.28. The van der Waals surface area contributed by atoms with Gasteiger partial charge in [0.05, 0.1) is 5.71 Å². The van der Waals surface area contributed by atoms with E-state index in [1.165, 1.54) is 5.56 Å². The maximum Gasteiger partial charge on any atom is 0.291 e. The number of halogens is 1. The van der Waals surface area contributed by atoms with Crippen LogP contribution in [0.1, 0.15) is 63.1 Å². The van der Waals surface area contributed by atoms with Gasteiger partial charge in [-0.05, 0) is 62.1 Å². The molecule has 0 atom stereocenters. The van der Waals surface area contributed by atoms with Crippen molar-refractivity contribution in [2.75, 3.05) is 5.32 Å². The Morgan fingerprint density at radius 1 is 1.09 bits per heavy atom.